The lowest BCUT2D eigenvalue weighted by Gasteiger charge is -2.11. The lowest BCUT2D eigenvalue weighted by atomic mass is 10.0. The fourth-order valence-corrected chi connectivity index (χ4v) is 2.82. The number of rotatable bonds is 1. The van der Waals surface area contributed by atoms with Crippen LogP contribution in [0.15, 0.2) is 24.3 Å². The molecule has 8 heteroatoms. The second-order valence-electron chi connectivity index (χ2n) is 5.50. The van der Waals surface area contributed by atoms with Crippen LogP contribution in [0.3, 0.4) is 0 Å². The SMILES string of the molecule is Cc1[nH]nc2c1nc(-c1c(F)c(F)c(F)c(F)c1F)c1ccccc12. The van der Waals surface area contributed by atoms with E-state index in [-0.39, 0.29) is 16.6 Å². The van der Waals surface area contributed by atoms with Gasteiger partial charge < -0.3 is 0 Å². The van der Waals surface area contributed by atoms with Crippen LogP contribution in [0, 0.1) is 36.0 Å². The van der Waals surface area contributed by atoms with Gasteiger partial charge in [0, 0.05) is 10.8 Å². The number of aromatic nitrogens is 3. The summed E-state index contributed by atoms with van der Waals surface area (Å²) in [4.78, 5) is 4.14. The highest BCUT2D eigenvalue weighted by Crippen LogP contribution is 2.37. The number of aromatic amines is 1. The monoisotopic (exact) mass is 349 g/mol. The molecule has 2 aromatic heterocycles. The third-order valence-corrected chi connectivity index (χ3v) is 4.02. The molecule has 0 aliphatic heterocycles. The van der Waals surface area contributed by atoms with Gasteiger partial charge in [-0.15, -0.1) is 0 Å². The molecule has 0 unspecified atom stereocenters. The largest absolute Gasteiger partial charge is 0.280 e. The van der Waals surface area contributed by atoms with E-state index in [1.54, 1.807) is 25.1 Å². The van der Waals surface area contributed by atoms with Crippen LogP contribution in [0.25, 0.3) is 33.1 Å². The number of hydrogen-bond acceptors (Lipinski definition) is 2. The molecule has 0 aliphatic rings. The molecule has 1 N–H and O–H groups in total. The molecule has 0 fully saturated rings. The van der Waals surface area contributed by atoms with E-state index < -0.39 is 34.6 Å². The van der Waals surface area contributed by atoms with E-state index in [1.807, 2.05) is 0 Å². The van der Waals surface area contributed by atoms with Crippen molar-refractivity contribution in [2.24, 2.45) is 0 Å². The molecule has 4 aromatic rings. The Labute approximate surface area is 137 Å². The number of nitrogens with zero attached hydrogens (tertiary/aromatic N) is 2. The number of pyridine rings is 1. The zero-order chi connectivity index (χ0) is 17.9. The van der Waals surface area contributed by atoms with Crippen molar-refractivity contribution in [2.45, 2.75) is 6.92 Å². The molecule has 0 amide bonds. The molecule has 0 saturated heterocycles. The van der Waals surface area contributed by atoms with Crippen LogP contribution in [0.5, 0.6) is 0 Å². The molecule has 0 saturated carbocycles. The van der Waals surface area contributed by atoms with E-state index in [9.17, 15) is 22.0 Å². The van der Waals surface area contributed by atoms with Crippen LogP contribution < -0.4 is 0 Å². The van der Waals surface area contributed by atoms with Gasteiger partial charge in [0.2, 0.25) is 5.82 Å². The fourth-order valence-electron chi connectivity index (χ4n) is 2.82. The van der Waals surface area contributed by atoms with Gasteiger partial charge in [0.1, 0.15) is 11.0 Å². The van der Waals surface area contributed by atoms with Crippen molar-refractivity contribution in [1.82, 2.24) is 15.2 Å². The van der Waals surface area contributed by atoms with E-state index in [0.717, 1.165) is 0 Å². The van der Waals surface area contributed by atoms with Crippen molar-refractivity contribution < 1.29 is 22.0 Å². The van der Waals surface area contributed by atoms with Crippen LogP contribution in [0.2, 0.25) is 0 Å². The van der Waals surface area contributed by atoms with Crippen LogP contribution in [0.4, 0.5) is 22.0 Å². The molecule has 0 radical (unpaired) electrons. The maximum absolute atomic E-state index is 14.3. The van der Waals surface area contributed by atoms with Gasteiger partial charge in [-0.25, -0.2) is 26.9 Å². The summed E-state index contributed by atoms with van der Waals surface area (Å²) in [6.07, 6.45) is 0. The minimum absolute atomic E-state index is 0.227. The quantitative estimate of drug-likeness (QED) is 0.305. The number of fused-ring (bicyclic) bond motifs is 3. The van der Waals surface area contributed by atoms with Gasteiger partial charge >= 0.3 is 0 Å². The second-order valence-corrected chi connectivity index (χ2v) is 5.50. The molecule has 4 rings (SSSR count). The molecular weight excluding hydrogens is 341 g/mol. The molecule has 0 atom stereocenters. The van der Waals surface area contributed by atoms with Crippen LogP contribution in [-0.4, -0.2) is 15.2 Å². The molecule has 25 heavy (non-hydrogen) atoms. The van der Waals surface area contributed by atoms with Crippen molar-refractivity contribution in [3.63, 3.8) is 0 Å². The van der Waals surface area contributed by atoms with E-state index in [2.05, 4.69) is 15.2 Å². The van der Waals surface area contributed by atoms with Crippen molar-refractivity contribution in [2.75, 3.05) is 0 Å². The summed E-state index contributed by atoms with van der Waals surface area (Å²) in [6, 6.07) is 6.37. The number of nitrogens with one attached hydrogen (secondary N) is 1. The predicted molar refractivity (Wildman–Crippen MR) is 81.4 cm³/mol. The highest BCUT2D eigenvalue weighted by atomic mass is 19.2. The highest BCUT2D eigenvalue weighted by Gasteiger charge is 2.29. The first-order valence-electron chi connectivity index (χ1n) is 7.17. The normalized spacial score (nSPS) is 11.6. The van der Waals surface area contributed by atoms with Crippen LogP contribution >= 0.6 is 0 Å². The zero-order valence-electron chi connectivity index (χ0n) is 12.6. The number of benzene rings is 2. The highest BCUT2D eigenvalue weighted by molar-refractivity contribution is 6.09. The minimum Gasteiger partial charge on any atom is -0.280 e. The van der Waals surface area contributed by atoms with Crippen LogP contribution in [-0.2, 0) is 0 Å². The predicted octanol–water partition coefficient (Wildman–Crippen LogP) is 4.78. The minimum atomic E-state index is -2.20. The number of H-pyrrole nitrogens is 1. The molecule has 2 aromatic carbocycles. The molecule has 0 spiro atoms. The van der Waals surface area contributed by atoms with E-state index in [4.69, 9.17) is 0 Å². The second kappa shape index (κ2) is 5.23. The Balaban J connectivity index is 2.23. The van der Waals surface area contributed by atoms with E-state index >= 15 is 0 Å². The zero-order valence-corrected chi connectivity index (χ0v) is 12.6. The lowest BCUT2D eigenvalue weighted by Crippen LogP contribution is -2.05. The number of halogens is 5. The summed E-state index contributed by atoms with van der Waals surface area (Å²) in [7, 11) is 0. The van der Waals surface area contributed by atoms with Gasteiger partial charge in [-0.05, 0) is 6.92 Å². The maximum Gasteiger partial charge on any atom is 0.200 e. The fraction of sp³-hybridized carbons (Fsp3) is 0.0588. The molecule has 2 heterocycles. The summed E-state index contributed by atoms with van der Waals surface area (Å²) in [5, 5.41) is 7.50. The number of hydrogen-bond donors (Lipinski definition) is 1. The Morgan fingerprint density at radius 1 is 0.760 bits per heavy atom. The topological polar surface area (TPSA) is 41.6 Å². The van der Waals surface area contributed by atoms with Gasteiger partial charge in [-0.1, -0.05) is 24.3 Å². The Bertz CT molecular complexity index is 1140. The van der Waals surface area contributed by atoms with Crippen molar-refractivity contribution in [1.29, 1.82) is 0 Å². The molecular formula is C17H8F5N3. The maximum atomic E-state index is 14.3. The average molecular weight is 349 g/mol. The third kappa shape index (κ3) is 2.03. The average Bonchev–Trinajstić information content (AvgIpc) is 3.00. The van der Waals surface area contributed by atoms with Crippen LogP contribution in [0.1, 0.15) is 5.69 Å². The Morgan fingerprint density at radius 2 is 1.32 bits per heavy atom. The van der Waals surface area contributed by atoms with Gasteiger partial charge in [-0.3, -0.25) is 5.10 Å². The summed E-state index contributed by atoms with van der Waals surface area (Å²) in [5.74, 6) is -10.1. The molecule has 126 valence electrons. The molecule has 3 nitrogen and oxygen atoms in total. The summed E-state index contributed by atoms with van der Waals surface area (Å²) >= 11 is 0. The van der Waals surface area contributed by atoms with E-state index in [0.29, 0.717) is 16.6 Å². The lowest BCUT2D eigenvalue weighted by molar-refractivity contribution is 0.381. The third-order valence-electron chi connectivity index (χ3n) is 4.02. The van der Waals surface area contributed by atoms with E-state index in [1.165, 1.54) is 6.07 Å². The summed E-state index contributed by atoms with van der Waals surface area (Å²) in [5.41, 5.74) is -0.153. The smallest absolute Gasteiger partial charge is 0.200 e. The first kappa shape index (κ1) is 15.5. The first-order chi connectivity index (χ1) is 11.9. The van der Waals surface area contributed by atoms with Crippen molar-refractivity contribution in [3.05, 3.63) is 59.0 Å². The first-order valence-corrected chi connectivity index (χ1v) is 7.17. The van der Waals surface area contributed by atoms with Crippen molar-refractivity contribution >= 4 is 21.8 Å². The molecule has 0 aliphatic carbocycles. The number of aryl methyl sites for hydroxylation is 1. The summed E-state index contributed by atoms with van der Waals surface area (Å²) < 4.78 is 69.1. The van der Waals surface area contributed by atoms with Crippen molar-refractivity contribution in [3.8, 4) is 11.3 Å². The van der Waals surface area contributed by atoms with Gasteiger partial charge in [0.05, 0.1) is 17.0 Å². The van der Waals surface area contributed by atoms with Gasteiger partial charge in [0.15, 0.2) is 23.3 Å². The Kier molecular flexibility index (Phi) is 3.24. The molecule has 0 bridgehead atoms. The van der Waals surface area contributed by atoms with Gasteiger partial charge in [-0.2, -0.15) is 5.10 Å². The Morgan fingerprint density at radius 3 is 1.96 bits per heavy atom. The Hall–Kier alpha value is -3.03. The standard InChI is InChI=1S/C17H8F5N3/c1-6-15-17(25-24-6)8-5-3-2-4-7(8)16(23-15)9-10(18)12(20)14(22)13(21)11(9)19/h2-5H,1H3,(H,24,25). The summed E-state index contributed by atoms with van der Waals surface area (Å²) in [6.45, 7) is 1.64. The van der Waals surface area contributed by atoms with Gasteiger partial charge in [0.25, 0.3) is 0 Å².